The molecule has 5 heteroatoms. The Balaban J connectivity index is 1.88. The largest absolute Gasteiger partial charge is 0.378 e. The van der Waals surface area contributed by atoms with Crippen molar-refractivity contribution < 1.29 is 9.53 Å². The summed E-state index contributed by atoms with van der Waals surface area (Å²) in [7, 11) is 0. The Morgan fingerprint density at radius 1 is 1.53 bits per heavy atom. The van der Waals surface area contributed by atoms with Crippen molar-refractivity contribution in [2.45, 2.75) is 24.9 Å². The summed E-state index contributed by atoms with van der Waals surface area (Å²) in [6.45, 7) is 3.48. The highest BCUT2D eigenvalue weighted by molar-refractivity contribution is 5.82. The number of nitrogens with two attached hydrogens (primary N) is 1. The SMILES string of the molecule is NC1CCCN(C(=O)C2COCCN2)C1. The van der Waals surface area contributed by atoms with Crippen LogP contribution in [0.15, 0.2) is 0 Å². The number of rotatable bonds is 1. The van der Waals surface area contributed by atoms with Crippen molar-refractivity contribution in [3.05, 3.63) is 0 Å². The van der Waals surface area contributed by atoms with E-state index in [1.54, 1.807) is 0 Å². The number of nitrogens with zero attached hydrogens (tertiary/aromatic N) is 1. The molecule has 0 aliphatic carbocycles. The molecule has 86 valence electrons. The van der Waals surface area contributed by atoms with Crippen molar-refractivity contribution in [3.8, 4) is 0 Å². The molecule has 1 amide bonds. The summed E-state index contributed by atoms with van der Waals surface area (Å²) in [6.07, 6.45) is 2.04. The number of hydrogen-bond acceptors (Lipinski definition) is 4. The first-order valence-corrected chi connectivity index (χ1v) is 5.63. The summed E-state index contributed by atoms with van der Waals surface area (Å²) in [5.74, 6) is 0.143. The van der Waals surface area contributed by atoms with Crippen LogP contribution >= 0.6 is 0 Å². The van der Waals surface area contributed by atoms with Crippen LogP contribution in [0.3, 0.4) is 0 Å². The molecule has 15 heavy (non-hydrogen) atoms. The third kappa shape index (κ3) is 2.68. The average Bonchev–Trinajstić information content (AvgIpc) is 2.29. The van der Waals surface area contributed by atoms with E-state index in [1.165, 1.54) is 0 Å². The van der Waals surface area contributed by atoms with E-state index in [4.69, 9.17) is 10.5 Å². The number of nitrogens with one attached hydrogen (secondary N) is 1. The summed E-state index contributed by atoms with van der Waals surface area (Å²) >= 11 is 0. The van der Waals surface area contributed by atoms with Gasteiger partial charge in [-0.15, -0.1) is 0 Å². The molecule has 2 rings (SSSR count). The first kappa shape index (κ1) is 10.9. The standard InChI is InChI=1S/C10H19N3O2/c11-8-2-1-4-13(6-8)10(14)9-7-15-5-3-12-9/h8-9,12H,1-7,11H2. The smallest absolute Gasteiger partial charge is 0.242 e. The Labute approximate surface area is 89.9 Å². The Bertz CT molecular complexity index is 229. The molecule has 2 heterocycles. The first-order valence-electron chi connectivity index (χ1n) is 5.63. The maximum Gasteiger partial charge on any atom is 0.242 e. The van der Waals surface area contributed by atoms with Crippen LogP contribution in [-0.4, -0.2) is 55.7 Å². The van der Waals surface area contributed by atoms with Crippen LogP contribution in [0.1, 0.15) is 12.8 Å². The maximum atomic E-state index is 12.0. The molecular weight excluding hydrogens is 194 g/mol. The van der Waals surface area contributed by atoms with Gasteiger partial charge in [-0.1, -0.05) is 0 Å². The highest BCUT2D eigenvalue weighted by atomic mass is 16.5. The molecule has 2 aliphatic heterocycles. The molecule has 5 nitrogen and oxygen atoms in total. The number of carbonyl (C=O) groups excluding carboxylic acids is 1. The molecule has 0 aromatic heterocycles. The molecule has 2 aliphatic rings. The summed E-state index contributed by atoms with van der Waals surface area (Å²) in [6, 6.07) is -0.0174. The van der Waals surface area contributed by atoms with Gasteiger partial charge in [0.25, 0.3) is 0 Å². The van der Waals surface area contributed by atoms with E-state index in [2.05, 4.69) is 5.32 Å². The van der Waals surface area contributed by atoms with Gasteiger partial charge in [0, 0.05) is 25.7 Å². The lowest BCUT2D eigenvalue weighted by atomic mass is 10.1. The van der Waals surface area contributed by atoms with Gasteiger partial charge in [0.2, 0.25) is 5.91 Å². The van der Waals surface area contributed by atoms with Crippen LogP contribution in [0, 0.1) is 0 Å². The van der Waals surface area contributed by atoms with E-state index < -0.39 is 0 Å². The van der Waals surface area contributed by atoms with Gasteiger partial charge in [-0.2, -0.15) is 0 Å². The molecule has 0 aromatic rings. The number of likely N-dealkylation sites (tertiary alicyclic amines) is 1. The summed E-state index contributed by atoms with van der Waals surface area (Å²) < 4.78 is 5.28. The molecule has 2 saturated heterocycles. The monoisotopic (exact) mass is 213 g/mol. The van der Waals surface area contributed by atoms with E-state index in [-0.39, 0.29) is 18.0 Å². The van der Waals surface area contributed by atoms with E-state index in [0.717, 1.165) is 25.9 Å². The zero-order valence-corrected chi connectivity index (χ0v) is 8.95. The topological polar surface area (TPSA) is 67.6 Å². The molecule has 0 aromatic carbocycles. The molecule has 0 radical (unpaired) electrons. The Morgan fingerprint density at radius 3 is 3.07 bits per heavy atom. The predicted molar refractivity (Wildman–Crippen MR) is 56.4 cm³/mol. The van der Waals surface area contributed by atoms with Gasteiger partial charge >= 0.3 is 0 Å². The number of morpholine rings is 1. The minimum Gasteiger partial charge on any atom is -0.378 e. The second-order valence-corrected chi connectivity index (χ2v) is 4.27. The van der Waals surface area contributed by atoms with Crippen LogP contribution in [0.25, 0.3) is 0 Å². The lowest BCUT2D eigenvalue weighted by Gasteiger charge is -2.34. The van der Waals surface area contributed by atoms with E-state index >= 15 is 0 Å². The Hall–Kier alpha value is -0.650. The summed E-state index contributed by atoms with van der Waals surface area (Å²) in [5, 5.41) is 3.17. The van der Waals surface area contributed by atoms with Crippen LogP contribution in [0.4, 0.5) is 0 Å². The number of amides is 1. The average molecular weight is 213 g/mol. The summed E-state index contributed by atoms with van der Waals surface area (Å²) in [4.78, 5) is 13.9. The number of ether oxygens (including phenoxy) is 1. The third-order valence-electron chi connectivity index (χ3n) is 2.99. The fraction of sp³-hybridized carbons (Fsp3) is 0.900. The summed E-state index contributed by atoms with van der Waals surface area (Å²) in [5.41, 5.74) is 5.85. The first-order chi connectivity index (χ1) is 7.27. The minimum atomic E-state index is -0.163. The molecule has 0 spiro atoms. The quantitative estimate of drug-likeness (QED) is 0.582. The molecule has 2 fully saturated rings. The van der Waals surface area contributed by atoms with E-state index in [1.807, 2.05) is 4.90 Å². The van der Waals surface area contributed by atoms with Gasteiger partial charge in [-0.3, -0.25) is 4.79 Å². The zero-order chi connectivity index (χ0) is 10.7. The number of carbonyl (C=O) groups is 1. The van der Waals surface area contributed by atoms with Gasteiger partial charge < -0.3 is 20.7 Å². The molecule has 0 bridgehead atoms. The van der Waals surface area contributed by atoms with E-state index in [0.29, 0.717) is 19.8 Å². The van der Waals surface area contributed by atoms with Crippen LogP contribution in [0.5, 0.6) is 0 Å². The van der Waals surface area contributed by atoms with Gasteiger partial charge in [0.1, 0.15) is 6.04 Å². The van der Waals surface area contributed by atoms with Crippen LogP contribution < -0.4 is 11.1 Å². The fourth-order valence-electron chi connectivity index (χ4n) is 2.15. The van der Waals surface area contributed by atoms with Crippen molar-refractivity contribution >= 4 is 5.91 Å². The fourth-order valence-corrected chi connectivity index (χ4v) is 2.15. The zero-order valence-electron chi connectivity index (χ0n) is 8.95. The lowest BCUT2D eigenvalue weighted by Crippen LogP contribution is -2.56. The highest BCUT2D eigenvalue weighted by Gasteiger charge is 2.28. The molecule has 2 unspecified atom stereocenters. The van der Waals surface area contributed by atoms with Crippen molar-refractivity contribution in [1.29, 1.82) is 0 Å². The van der Waals surface area contributed by atoms with Gasteiger partial charge in [0.15, 0.2) is 0 Å². The van der Waals surface area contributed by atoms with Gasteiger partial charge in [-0.25, -0.2) is 0 Å². The molecular formula is C10H19N3O2. The maximum absolute atomic E-state index is 12.0. The van der Waals surface area contributed by atoms with Gasteiger partial charge in [-0.05, 0) is 12.8 Å². The second kappa shape index (κ2) is 4.92. The van der Waals surface area contributed by atoms with Crippen molar-refractivity contribution in [3.63, 3.8) is 0 Å². The molecule has 3 N–H and O–H groups in total. The Kier molecular flexibility index (Phi) is 3.56. The van der Waals surface area contributed by atoms with Crippen molar-refractivity contribution in [2.24, 2.45) is 5.73 Å². The highest BCUT2D eigenvalue weighted by Crippen LogP contribution is 2.10. The minimum absolute atomic E-state index is 0.143. The van der Waals surface area contributed by atoms with Gasteiger partial charge in [0.05, 0.1) is 13.2 Å². The van der Waals surface area contributed by atoms with Crippen LogP contribution in [0.2, 0.25) is 0 Å². The molecule has 0 saturated carbocycles. The predicted octanol–water partition coefficient (Wildman–Crippen LogP) is -1.08. The van der Waals surface area contributed by atoms with E-state index in [9.17, 15) is 4.79 Å². The van der Waals surface area contributed by atoms with Crippen molar-refractivity contribution in [2.75, 3.05) is 32.8 Å². The third-order valence-corrected chi connectivity index (χ3v) is 2.99. The van der Waals surface area contributed by atoms with Crippen LogP contribution in [-0.2, 0) is 9.53 Å². The normalized spacial score (nSPS) is 32.7. The molecule has 2 atom stereocenters. The Morgan fingerprint density at radius 2 is 2.40 bits per heavy atom. The second-order valence-electron chi connectivity index (χ2n) is 4.27. The lowest BCUT2D eigenvalue weighted by molar-refractivity contribution is -0.137. The number of hydrogen-bond donors (Lipinski definition) is 2. The number of piperidine rings is 1. The van der Waals surface area contributed by atoms with Crippen molar-refractivity contribution in [1.82, 2.24) is 10.2 Å².